The van der Waals surface area contributed by atoms with Crippen LogP contribution in [0.4, 0.5) is 0 Å². The van der Waals surface area contributed by atoms with Crippen LogP contribution in [0.5, 0.6) is 0 Å². The number of pyridine rings is 1. The SMILES string of the molecule is CCCc1cc(C(=O)NC(c2ccccc2)c2ccccn2)n(C)n1. The number of nitrogens with zero attached hydrogens (tertiary/aromatic N) is 3. The highest BCUT2D eigenvalue weighted by Gasteiger charge is 2.21. The second-order valence-corrected chi connectivity index (χ2v) is 5.97. The Kier molecular flexibility index (Phi) is 5.23. The molecule has 0 bridgehead atoms. The maximum atomic E-state index is 12.8. The molecule has 2 heterocycles. The summed E-state index contributed by atoms with van der Waals surface area (Å²) in [6, 6.07) is 17.1. The van der Waals surface area contributed by atoms with Crippen LogP contribution in [0, 0.1) is 0 Å². The van der Waals surface area contributed by atoms with E-state index >= 15 is 0 Å². The van der Waals surface area contributed by atoms with Crippen molar-refractivity contribution >= 4 is 5.91 Å². The van der Waals surface area contributed by atoms with E-state index in [9.17, 15) is 4.79 Å². The fourth-order valence-electron chi connectivity index (χ4n) is 2.84. The van der Waals surface area contributed by atoms with Crippen LogP contribution in [-0.4, -0.2) is 20.7 Å². The molecular formula is C20H22N4O. The van der Waals surface area contributed by atoms with Gasteiger partial charge in [-0.3, -0.25) is 14.5 Å². The molecule has 1 amide bonds. The first-order valence-electron chi connectivity index (χ1n) is 8.48. The van der Waals surface area contributed by atoms with Gasteiger partial charge in [0.1, 0.15) is 5.69 Å². The van der Waals surface area contributed by atoms with Crippen LogP contribution in [0.25, 0.3) is 0 Å². The Morgan fingerprint density at radius 3 is 2.60 bits per heavy atom. The Bertz CT molecular complexity index is 788. The maximum Gasteiger partial charge on any atom is 0.270 e. The van der Waals surface area contributed by atoms with Crippen LogP contribution in [0.15, 0.2) is 60.8 Å². The predicted molar refractivity (Wildman–Crippen MR) is 97.2 cm³/mol. The van der Waals surface area contributed by atoms with Crippen LogP contribution in [0.2, 0.25) is 0 Å². The fraction of sp³-hybridized carbons (Fsp3) is 0.250. The molecule has 128 valence electrons. The molecule has 0 aliphatic carbocycles. The lowest BCUT2D eigenvalue weighted by Gasteiger charge is -2.18. The van der Waals surface area contributed by atoms with Gasteiger partial charge < -0.3 is 5.32 Å². The summed E-state index contributed by atoms with van der Waals surface area (Å²) in [4.78, 5) is 17.3. The summed E-state index contributed by atoms with van der Waals surface area (Å²) in [5.41, 5.74) is 3.29. The number of carbonyl (C=O) groups excluding carboxylic acids is 1. The molecule has 5 heteroatoms. The lowest BCUT2D eigenvalue weighted by molar-refractivity contribution is 0.0933. The van der Waals surface area contributed by atoms with E-state index in [1.54, 1.807) is 17.9 Å². The Morgan fingerprint density at radius 2 is 1.92 bits per heavy atom. The third-order valence-electron chi connectivity index (χ3n) is 4.06. The lowest BCUT2D eigenvalue weighted by Crippen LogP contribution is -2.31. The third-order valence-corrected chi connectivity index (χ3v) is 4.06. The number of rotatable bonds is 6. The summed E-state index contributed by atoms with van der Waals surface area (Å²) in [5, 5.41) is 7.51. The van der Waals surface area contributed by atoms with Gasteiger partial charge in [-0.2, -0.15) is 5.10 Å². The molecular weight excluding hydrogens is 312 g/mol. The summed E-state index contributed by atoms with van der Waals surface area (Å²) in [6.45, 7) is 2.10. The number of aryl methyl sites for hydroxylation is 2. The first-order chi connectivity index (χ1) is 12.2. The number of nitrogens with one attached hydrogen (secondary N) is 1. The van der Waals surface area contributed by atoms with Crippen molar-refractivity contribution in [1.29, 1.82) is 0 Å². The quantitative estimate of drug-likeness (QED) is 0.752. The molecule has 1 N–H and O–H groups in total. The van der Waals surface area contributed by atoms with Gasteiger partial charge in [0.05, 0.1) is 17.4 Å². The van der Waals surface area contributed by atoms with E-state index in [0.29, 0.717) is 5.69 Å². The minimum Gasteiger partial charge on any atom is -0.338 e. The van der Waals surface area contributed by atoms with Gasteiger partial charge in [-0.25, -0.2) is 0 Å². The van der Waals surface area contributed by atoms with Crippen LogP contribution in [0.3, 0.4) is 0 Å². The summed E-state index contributed by atoms with van der Waals surface area (Å²) >= 11 is 0. The zero-order chi connectivity index (χ0) is 17.6. The first-order valence-corrected chi connectivity index (χ1v) is 8.48. The molecule has 2 aromatic heterocycles. The molecule has 1 unspecified atom stereocenters. The number of aromatic nitrogens is 3. The van der Waals surface area contributed by atoms with E-state index in [0.717, 1.165) is 29.8 Å². The predicted octanol–water partition coefficient (Wildman–Crippen LogP) is 3.29. The first kappa shape index (κ1) is 16.9. The summed E-state index contributed by atoms with van der Waals surface area (Å²) in [6.07, 6.45) is 3.60. The normalized spacial score (nSPS) is 11.9. The standard InChI is InChI=1S/C20H22N4O/c1-3-9-16-14-18(24(2)23-16)20(25)22-19(15-10-5-4-6-11-15)17-12-7-8-13-21-17/h4-8,10-14,19H,3,9H2,1-2H3,(H,22,25). The minimum atomic E-state index is -0.306. The van der Waals surface area contributed by atoms with E-state index in [2.05, 4.69) is 22.3 Å². The van der Waals surface area contributed by atoms with Gasteiger partial charge in [0.25, 0.3) is 5.91 Å². The zero-order valence-electron chi connectivity index (χ0n) is 14.5. The molecule has 0 saturated heterocycles. The van der Waals surface area contributed by atoms with E-state index in [-0.39, 0.29) is 11.9 Å². The molecule has 0 aliphatic heterocycles. The van der Waals surface area contributed by atoms with Crippen LogP contribution >= 0.6 is 0 Å². The summed E-state index contributed by atoms with van der Waals surface area (Å²) < 4.78 is 1.64. The van der Waals surface area contributed by atoms with Crippen molar-refractivity contribution in [2.24, 2.45) is 7.05 Å². The van der Waals surface area contributed by atoms with Gasteiger partial charge in [0.2, 0.25) is 0 Å². The van der Waals surface area contributed by atoms with Crippen LogP contribution in [-0.2, 0) is 13.5 Å². The van der Waals surface area contributed by atoms with Crippen molar-refractivity contribution < 1.29 is 4.79 Å². The number of benzene rings is 1. The van der Waals surface area contributed by atoms with E-state index in [1.165, 1.54) is 0 Å². The van der Waals surface area contributed by atoms with Crippen molar-refractivity contribution in [3.05, 3.63) is 83.4 Å². The molecule has 0 radical (unpaired) electrons. The zero-order valence-corrected chi connectivity index (χ0v) is 14.5. The Labute approximate surface area is 147 Å². The highest BCUT2D eigenvalue weighted by atomic mass is 16.2. The molecule has 0 saturated carbocycles. The highest BCUT2D eigenvalue weighted by molar-refractivity contribution is 5.93. The maximum absolute atomic E-state index is 12.8. The fourth-order valence-corrected chi connectivity index (χ4v) is 2.84. The van der Waals surface area contributed by atoms with Crippen molar-refractivity contribution in [3.8, 4) is 0 Å². The number of hydrogen-bond donors (Lipinski definition) is 1. The summed E-state index contributed by atoms with van der Waals surface area (Å²) in [7, 11) is 1.80. The summed E-state index contributed by atoms with van der Waals surface area (Å²) in [5.74, 6) is -0.156. The smallest absolute Gasteiger partial charge is 0.270 e. The monoisotopic (exact) mass is 334 g/mol. The molecule has 0 fully saturated rings. The third kappa shape index (κ3) is 3.94. The van der Waals surface area contributed by atoms with Crippen molar-refractivity contribution in [2.45, 2.75) is 25.8 Å². The average molecular weight is 334 g/mol. The second-order valence-electron chi connectivity index (χ2n) is 5.97. The number of carbonyl (C=O) groups is 1. The molecule has 5 nitrogen and oxygen atoms in total. The van der Waals surface area contributed by atoms with Gasteiger partial charge in [0.15, 0.2) is 0 Å². The number of hydrogen-bond acceptors (Lipinski definition) is 3. The topological polar surface area (TPSA) is 59.8 Å². The van der Waals surface area contributed by atoms with Gasteiger partial charge in [-0.15, -0.1) is 0 Å². The Hall–Kier alpha value is -2.95. The lowest BCUT2D eigenvalue weighted by atomic mass is 10.0. The Balaban J connectivity index is 1.89. The van der Waals surface area contributed by atoms with E-state index in [1.807, 2.05) is 54.6 Å². The van der Waals surface area contributed by atoms with Crippen LogP contribution in [0.1, 0.15) is 46.8 Å². The molecule has 0 spiro atoms. The molecule has 3 aromatic rings. The van der Waals surface area contributed by atoms with Gasteiger partial charge in [0, 0.05) is 13.2 Å². The van der Waals surface area contributed by atoms with E-state index in [4.69, 9.17) is 0 Å². The minimum absolute atomic E-state index is 0.156. The molecule has 3 rings (SSSR count). The van der Waals surface area contributed by atoms with Crippen molar-refractivity contribution in [1.82, 2.24) is 20.1 Å². The van der Waals surface area contributed by atoms with Gasteiger partial charge >= 0.3 is 0 Å². The van der Waals surface area contributed by atoms with Crippen LogP contribution < -0.4 is 5.32 Å². The molecule has 1 atom stereocenters. The molecule has 25 heavy (non-hydrogen) atoms. The van der Waals surface area contributed by atoms with Gasteiger partial charge in [-0.05, 0) is 30.2 Å². The van der Waals surface area contributed by atoms with E-state index < -0.39 is 0 Å². The average Bonchev–Trinajstić information content (AvgIpc) is 3.02. The van der Waals surface area contributed by atoms with Crippen molar-refractivity contribution in [3.63, 3.8) is 0 Å². The highest BCUT2D eigenvalue weighted by Crippen LogP contribution is 2.20. The van der Waals surface area contributed by atoms with Gasteiger partial charge in [-0.1, -0.05) is 49.7 Å². The second kappa shape index (κ2) is 7.75. The Morgan fingerprint density at radius 1 is 1.16 bits per heavy atom. The number of amides is 1. The molecule has 0 aliphatic rings. The molecule has 1 aromatic carbocycles. The largest absolute Gasteiger partial charge is 0.338 e. The van der Waals surface area contributed by atoms with Crippen molar-refractivity contribution in [2.75, 3.05) is 0 Å².